The van der Waals surface area contributed by atoms with Gasteiger partial charge in [0.1, 0.15) is 22.3 Å². The van der Waals surface area contributed by atoms with E-state index in [0.717, 1.165) is 105 Å². The van der Waals surface area contributed by atoms with Crippen LogP contribution in [-0.2, 0) is 0 Å². The van der Waals surface area contributed by atoms with Crippen LogP contribution in [0.4, 0.5) is 0 Å². The Bertz CT molecular complexity index is 3410. The van der Waals surface area contributed by atoms with E-state index in [-0.39, 0.29) is 0 Å². The second kappa shape index (κ2) is 13.8. The quantitative estimate of drug-likeness (QED) is 0.169. The third-order valence-electron chi connectivity index (χ3n) is 11.6. The molecule has 5 nitrogen and oxygen atoms in total. The summed E-state index contributed by atoms with van der Waals surface area (Å²) < 4.78 is 12.8. The molecule has 0 saturated carbocycles. The van der Waals surface area contributed by atoms with E-state index in [2.05, 4.69) is 158 Å². The monoisotopic (exact) mass is 767 g/mol. The van der Waals surface area contributed by atoms with Gasteiger partial charge in [0.25, 0.3) is 0 Å². The largest absolute Gasteiger partial charge is 0.455 e. The molecule has 0 spiro atoms. The molecule has 0 aliphatic rings. The van der Waals surface area contributed by atoms with Crippen molar-refractivity contribution in [3.63, 3.8) is 0 Å². The van der Waals surface area contributed by atoms with Gasteiger partial charge in [0, 0.05) is 49.4 Å². The van der Waals surface area contributed by atoms with Gasteiger partial charge >= 0.3 is 0 Å². The van der Waals surface area contributed by atoms with Gasteiger partial charge in [0.15, 0.2) is 17.5 Å². The summed E-state index contributed by atoms with van der Waals surface area (Å²) in [6.07, 6.45) is 0. The molecule has 0 radical (unpaired) electrons. The van der Waals surface area contributed by atoms with Crippen molar-refractivity contribution in [1.29, 1.82) is 0 Å². The second-order valence-corrected chi connectivity index (χ2v) is 15.1. The van der Waals surface area contributed by atoms with Crippen LogP contribution in [0.25, 0.3) is 122 Å². The highest BCUT2D eigenvalue weighted by Crippen LogP contribution is 2.40. The molecule has 0 unspecified atom stereocenters. The number of fused-ring (bicyclic) bond motifs is 7. The highest BCUT2D eigenvalue weighted by atomic mass is 16.3. The predicted molar refractivity (Wildman–Crippen MR) is 245 cm³/mol. The van der Waals surface area contributed by atoms with Crippen LogP contribution in [0.1, 0.15) is 0 Å². The Morgan fingerprint density at radius 1 is 0.233 bits per heavy atom. The topological polar surface area (TPSA) is 65.0 Å². The lowest BCUT2D eigenvalue weighted by atomic mass is 9.94. The maximum Gasteiger partial charge on any atom is 0.164 e. The van der Waals surface area contributed by atoms with Gasteiger partial charge in [0.05, 0.1) is 0 Å². The SMILES string of the molecule is c1ccc(-c2ccc(-c3nc(-c4ccc(-c5cccc6c5oc5ccccc56)cc4)nc(-c4ccc(-c5cccc6c5oc5ccccc56)cc4)n3)c3ccccc23)cc1. The van der Waals surface area contributed by atoms with Crippen LogP contribution in [0.15, 0.2) is 209 Å². The number of para-hydroxylation sites is 4. The van der Waals surface area contributed by atoms with E-state index in [0.29, 0.717) is 17.5 Å². The van der Waals surface area contributed by atoms with Crippen LogP contribution < -0.4 is 0 Å². The van der Waals surface area contributed by atoms with Crippen molar-refractivity contribution in [3.8, 4) is 67.5 Å². The highest BCUT2D eigenvalue weighted by molar-refractivity contribution is 6.11. The van der Waals surface area contributed by atoms with Crippen molar-refractivity contribution >= 4 is 54.6 Å². The molecule has 0 aliphatic heterocycles. The van der Waals surface area contributed by atoms with Gasteiger partial charge in [-0.05, 0) is 51.2 Å². The molecule has 60 heavy (non-hydrogen) atoms. The first-order chi connectivity index (χ1) is 29.7. The minimum Gasteiger partial charge on any atom is -0.455 e. The average Bonchev–Trinajstić information content (AvgIpc) is 3.90. The lowest BCUT2D eigenvalue weighted by Gasteiger charge is -2.13. The number of aromatic nitrogens is 3. The van der Waals surface area contributed by atoms with Gasteiger partial charge in [-0.15, -0.1) is 0 Å². The molecule has 12 rings (SSSR count). The molecule has 0 bridgehead atoms. The summed E-state index contributed by atoms with van der Waals surface area (Å²) in [7, 11) is 0. The Morgan fingerprint density at radius 2 is 0.617 bits per heavy atom. The third-order valence-corrected chi connectivity index (χ3v) is 11.6. The molecule has 3 heterocycles. The Kier molecular flexibility index (Phi) is 7.78. The summed E-state index contributed by atoms with van der Waals surface area (Å²) in [5.41, 5.74) is 12.7. The smallest absolute Gasteiger partial charge is 0.164 e. The van der Waals surface area contributed by atoms with Crippen LogP contribution in [0, 0.1) is 0 Å². The van der Waals surface area contributed by atoms with E-state index in [1.165, 1.54) is 0 Å². The van der Waals surface area contributed by atoms with Gasteiger partial charge in [-0.3, -0.25) is 0 Å². The Morgan fingerprint density at radius 3 is 1.15 bits per heavy atom. The average molecular weight is 768 g/mol. The van der Waals surface area contributed by atoms with Crippen molar-refractivity contribution in [3.05, 3.63) is 200 Å². The molecular formula is C55H33N3O2. The molecule has 280 valence electrons. The fourth-order valence-electron chi connectivity index (χ4n) is 8.66. The van der Waals surface area contributed by atoms with Gasteiger partial charge in [0.2, 0.25) is 0 Å². The van der Waals surface area contributed by atoms with Crippen molar-refractivity contribution in [2.75, 3.05) is 0 Å². The molecule has 5 heteroatoms. The van der Waals surface area contributed by atoms with E-state index in [1.54, 1.807) is 0 Å². The Balaban J connectivity index is 0.989. The zero-order valence-electron chi connectivity index (χ0n) is 32.2. The summed E-state index contributed by atoms with van der Waals surface area (Å²) >= 11 is 0. The molecule has 0 N–H and O–H groups in total. The molecule has 9 aromatic carbocycles. The van der Waals surface area contributed by atoms with Crippen LogP contribution in [0.3, 0.4) is 0 Å². The normalized spacial score (nSPS) is 11.7. The number of furan rings is 2. The fraction of sp³-hybridized carbons (Fsp3) is 0. The van der Waals surface area contributed by atoms with E-state index in [4.69, 9.17) is 23.8 Å². The first-order valence-electron chi connectivity index (χ1n) is 20.1. The maximum atomic E-state index is 6.39. The molecule has 0 aliphatic carbocycles. The summed E-state index contributed by atoms with van der Waals surface area (Å²) in [6, 6.07) is 69.2. The lowest BCUT2D eigenvalue weighted by Crippen LogP contribution is -2.01. The second-order valence-electron chi connectivity index (χ2n) is 15.1. The number of hydrogen-bond acceptors (Lipinski definition) is 5. The van der Waals surface area contributed by atoms with Gasteiger partial charge in [-0.25, -0.2) is 15.0 Å². The Labute approximate surface area is 344 Å². The summed E-state index contributed by atoms with van der Waals surface area (Å²) in [5, 5.41) is 6.64. The molecule has 0 amide bonds. The molecule has 3 aromatic heterocycles. The van der Waals surface area contributed by atoms with Gasteiger partial charge in [-0.2, -0.15) is 0 Å². The Hall–Kier alpha value is -8.15. The van der Waals surface area contributed by atoms with E-state index < -0.39 is 0 Å². The number of nitrogens with zero attached hydrogens (tertiary/aromatic N) is 3. The zero-order chi connectivity index (χ0) is 39.6. The third kappa shape index (κ3) is 5.59. The molecular weight excluding hydrogens is 735 g/mol. The minimum atomic E-state index is 0.593. The first kappa shape index (κ1) is 33.9. The molecule has 12 aromatic rings. The zero-order valence-corrected chi connectivity index (χ0v) is 32.2. The number of rotatable bonds is 6. The lowest BCUT2D eigenvalue weighted by molar-refractivity contribution is 0.669. The standard InChI is InChI=1S/C55H33N3O2/c1-2-12-34(13-3-1)39-32-33-48(43-15-5-4-14-42(39)43)55-57-53(37-28-24-35(25-29-37)40-18-10-20-46-44-16-6-8-22-49(44)59-51(40)46)56-54(58-55)38-30-26-36(27-31-38)41-19-11-21-47-45-17-7-9-23-50(45)60-52(41)47/h1-33H. The first-order valence-corrected chi connectivity index (χ1v) is 20.1. The number of benzene rings is 9. The molecule has 0 fully saturated rings. The van der Waals surface area contributed by atoms with Crippen molar-refractivity contribution in [2.24, 2.45) is 0 Å². The van der Waals surface area contributed by atoms with Crippen molar-refractivity contribution in [2.45, 2.75) is 0 Å². The summed E-state index contributed by atoms with van der Waals surface area (Å²) in [4.78, 5) is 15.5. The summed E-state index contributed by atoms with van der Waals surface area (Å²) in [5.74, 6) is 1.80. The predicted octanol–water partition coefficient (Wildman–Crippen LogP) is 14.8. The van der Waals surface area contributed by atoms with Crippen LogP contribution in [0.5, 0.6) is 0 Å². The van der Waals surface area contributed by atoms with E-state index in [9.17, 15) is 0 Å². The van der Waals surface area contributed by atoms with Crippen molar-refractivity contribution in [1.82, 2.24) is 15.0 Å². The van der Waals surface area contributed by atoms with Gasteiger partial charge in [-0.1, -0.05) is 182 Å². The van der Waals surface area contributed by atoms with E-state index >= 15 is 0 Å². The van der Waals surface area contributed by atoms with Crippen LogP contribution >= 0.6 is 0 Å². The van der Waals surface area contributed by atoms with Gasteiger partial charge < -0.3 is 8.83 Å². The molecule has 0 atom stereocenters. The maximum absolute atomic E-state index is 6.39. The minimum absolute atomic E-state index is 0.593. The van der Waals surface area contributed by atoms with E-state index in [1.807, 2.05) is 42.5 Å². The summed E-state index contributed by atoms with van der Waals surface area (Å²) in [6.45, 7) is 0. The van der Waals surface area contributed by atoms with Crippen LogP contribution in [0.2, 0.25) is 0 Å². The fourth-order valence-corrected chi connectivity index (χ4v) is 8.66. The van der Waals surface area contributed by atoms with Crippen molar-refractivity contribution < 1.29 is 8.83 Å². The number of hydrogen-bond donors (Lipinski definition) is 0. The molecule has 0 saturated heterocycles. The van der Waals surface area contributed by atoms with Crippen LogP contribution in [-0.4, -0.2) is 15.0 Å². The highest BCUT2D eigenvalue weighted by Gasteiger charge is 2.18.